The van der Waals surface area contributed by atoms with Crippen molar-refractivity contribution in [2.75, 3.05) is 13.2 Å². The summed E-state index contributed by atoms with van der Waals surface area (Å²) in [7, 11) is 0. The molecule has 0 saturated heterocycles. The molecule has 3 rings (SSSR count). The molecule has 0 unspecified atom stereocenters. The zero-order chi connectivity index (χ0) is 20.8. The van der Waals surface area contributed by atoms with E-state index in [-0.39, 0.29) is 5.56 Å². The lowest BCUT2D eigenvalue weighted by atomic mass is 10.0. The highest BCUT2D eigenvalue weighted by Gasteiger charge is 2.18. The van der Waals surface area contributed by atoms with Gasteiger partial charge in [0.1, 0.15) is 0 Å². The van der Waals surface area contributed by atoms with Crippen LogP contribution in [0, 0.1) is 0 Å². The Hall–Kier alpha value is -3.45. The minimum atomic E-state index is -0.728. The van der Waals surface area contributed by atoms with Crippen molar-refractivity contribution in [3.05, 3.63) is 65.2 Å². The fraction of sp³-hybridized carbons (Fsp3) is 0.143. The molecule has 3 amide bonds. The molecule has 0 radical (unpaired) electrons. The first kappa shape index (κ1) is 20.3. The van der Waals surface area contributed by atoms with Crippen LogP contribution in [0.1, 0.15) is 17.3 Å². The third-order valence-electron chi connectivity index (χ3n) is 4.01. The number of amides is 3. The molecule has 0 aliphatic rings. The first-order valence-electron chi connectivity index (χ1n) is 8.89. The molecule has 0 saturated carbocycles. The summed E-state index contributed by atoms with van der Waals surface area (Å²) in [5, 5.41) is 5.57. The van der Waals surface area contributed by atoms with E-state index in [0.717, 1.165) is 0 Å². The van der Waals surface area contributed by atoms with Gasteiger partial charge in [-0.15, -0.1) is 0 Å². The molecule has 2 N–H and O–H groups in total. The first-order valence-corrected chi connectivity index (χ1v) is 9.27. The number of halogens is 1. The summed E-state index contributed by atoms with van der Waals surface area (Å²) < 4.78 is 5.11. The van der Waals surface area contributed by atoms with E-state index in [1.807, 2.05) is 6.07 Å². The van der Waals surface area contributed by atoms with Gasteiger partial charge in [0.15, 0.2) is 6.61 Å². The van der Waals surface area contributed by atoms with Gasteiger partial charge in [0.2, 0.25) is 0 Å². The van der Waals surface area contributed by atoms with Crippen LogP contribution < -0.4 is 10.6 Å². The topological polar surface area (TPSA) is 97.4 Å². The van der Waals surface area contributed by atoms with Gasteiger partial charge >= 0.3 is 12.0 Å². The molecule has 0 spiro atoms. The van der Waals surface area contributed by atoms with E-state index >= 15 is 0 Å². The molecule has 2 aromatic carbocycles. The molecule has 7 nitrogen and oxygen atoms in total. The number of aromatic nitrogens is 1. The van der Waals surface area contributed by atoms with Gasteiger partial charge in [-0.25, -0.2) is 14.6 Å². The van der Waals surface area contributed by atoms with Crippen molar-refractivity contribution >= 4 is 40.4 Å². The molecule has 0 bridgehead atoms. The van der Waals surface area contributed by atoms with Gasteiger partial charge in [0.25, 0.3) is 5.91 Å². The van der Waals surface area contributed by atoms with E-state index in [9.17, 15) is 14.4 Å². The SMILES string of the molecule is CCNC(=O)NC(=O)COC(=O)c1cc(-c2ccccc2Cl)nc2ccccc12. The van der Waals surface area contributed by atoms with Crippen molar-refractivity contribution in [1.29, 1.82) is 0 Å². The zero-order valence-electron chi connectivity index (χ0n) is 15.6. The van der Waals surface area contributed by atoms with Gasteiger partial charge in [-0.1, -0.05) is 48.0 Å². The van der Waals surface area contributed by atoms with Crippen LogP contribution in [0.25, 0.3) is 22.2 Å². The van der Waals surface area contributed by atoms with Gasteiger partial charge in [0, 0.05) is 22.5 Å². The van der Waals surface area contributed by atoms with E-state index < -0.39 is 24.5 Å². The Morgan fingerprint density at radius 3 is 2.55 bits per heavy atom. The van der Waals surface area contributed by atoms with Gasteiger partial charge in [-0.3, -0.25) is 10.1 Å². The number of hydrogen-bond donors (Lipinski definition) is 2. The van der Waals surface area contributed by atoms with Crippen LogP contribution in [-0.2, 0) is 9.53 Å². The summed E-state index contributed by atoms with van der Waals surface area (Å²) in [5.74, 6) is -1.43. The van der Waals surface area contributed by atoms with Crippen molar-refractivity contribution in [3.8, 4) is 11.3 Å². The number of ether oxygens (including phenoxy) is 1. The normalized spacial score (nSPS) is 10.4. The van der Waals surface area contributed by atoms with Crippen LogP contribution in [0.4, 0.5) is 4.79 Å². The third-order valence-corrected chi connectivity index (χ3v) is 4.34. The van der Waals surface area contributed by atoms with Crippen LogP contribution in [0.5, 0.6) is 0 Å². The van der Waals surface area contributed by atoms with E-state index in [2.05, 4.69) is 15.6 Å². The molecule has 29 heavy (non-hydrogen) atoms. The van der Waals surface area contributed by atoms with Crippen molar-refractivity contribution in [2.24, 2.45) is 0 Å². The molecule has 148 valence electrons. The summed E-state index contributed by atoms with van der Waals surface area (Å²) in [6, 6.07) is 15.2. The number of nitrogens with zero attached hydrogens (tertiary/aromatic N) is 1. The third kappa shape index (κ3) is 4.89. The van der Waals surface area contributed by atoms with Crippen LogP contribution in [0.2, 0.25) is 5.02 Å². The number of carbonyl (C=O) groups excluding carboxylic acids is 3. The molecule has 1 aromatic heterocycles. The number of nitrogens with one attached hydrogen (secondary N) is 2. The van der Waals surface area contributed by atoms with E-state index in [4.69, 9.17) is 16.3 Å². The molecule has 1 heterocycles. The van der Waals surface area contributed by atoms with E-state index in [0.29, 0.717) is 33.7 Å². The predicted octanol–water partition coefficient (Wildman–Crippen LogP) is 3.56. The minimum absolute atomic E-state index is 0.247. The van der Waals surface area contributed by atoms with Gasteiger partial charge in [-0.05, 0) is 25.1 Å². The molecular weight excluding hydrogens is 394 g/mol. The van der Waals surface area contributed by atoms with Crippen LogP contribution in [0.15, 0.2) is 54.6 Å². The summed E-state index contributed by atoms with van der Waals surface area (Å²) in [6.45, 7) is 1.50. The van der Waals surface area contributed by atoms with Gasteiger partial charge in [0.05, 0.1) is 16.8 Å². The number of benzene rings is 2. The quantitative estimate of drug-likeness (QED) is 0.625. The van der Waals surface area contributed by atoms with E-state index in [1.165, 1.54) is 0 Å². The fourth-order valence-corrected chi connectivity index (χ4v) is 2.96. The Balaban J connectivity index is 1.88. The Morgan fingerprint density at radius 2 is 1.79 bits per heavy atom. The lowest BCUT2D eigenvalue weighted by Gasteiger charge is -2.11. The zero-order valence-corrected chi connectivity index (χ0v) is 16.3. The number of hydrogen-bond acceptors (Lipinski definition) is 5. The molecular formula is C21H18ClN3O4. The monoisotopic (exact) mass is 411 g/mol. The fourth-order valence-electron chi connectivity index (χ4n) is 2.73. The number of esters is 1. The number of para-hydroxylation sites is 1. The van der Waals surface area contributed by atoms with E-state index in [1.54, 1.807) is 55.5 Å². The van der Waals surface area contributed by atoms with Crippen LogP contribution >= 0.6 is 11.6 Å². The maximum absolute atomic E-state index is 12.7. The minimum Gasteiger partial charge on any atom is -0.452 e. The van der Waals surface area contributed by atoms with Crippen LogP contribution in [-0.4, -0.2) is 36.0 Å². The average molecular weight is 412 g/mol. The Kier molecular flexibility index (Phi) is 6.41. The lowest BCUT2D eigenvalue weighted by molar-refractivity contribution is -0.123. The number of rotatable bonds is 5. The molecule has 0 fully saturated rings. The highest BCUT2D eigenvalue weighted by molar-refractivity contribution is 6.33. The predicted molar refractivity (Wildman–Crippen MR) is 110 cm³/mol. The molecule has 8 heteroatoms. The Bertz CT molecular complexity index is 1080. The maximum Gasteiger partial charge on any atom is 0.339 e. The number of fused-ring (bicyclic) bond motifs is 1. The average Bonchev–Trinajstić information content (AvgIpc) is 2.71. The highest BCUT2D eigenvalue weighted by atomic mass is 35.5. The standard InChI is InChI=1S/C21H18ClN3O4/c1-2-23-21(28)25-19(26)12-29-20(27)15-11-18(14-8-3-5-9-16(14)22)24-17-10-6-4-7-13(15)17/h3-11H,2,12H2,1H3,(H2,23,25,26,28). The smallest absolute Gasteiger partial charge is 0.339 e. The van der Waals surface area contributed by atoms with Crippen molar-refractivity contribution in [2.45, 2.75) is 6.92 Å². The summed E-state index contributed by atoms with van der Waals surface area (Å²) in [4.78, 5) is 40.4. The summed E-state index contributed by atoms with van der Waals surface area (Å²) >= 11 is 6.27. The Morgan fingerprint density at radius 1 is 1.07 bits per heavy atom. The first-order chi connectivity index (χ1) is 14.0. The second-order valence-electron chi connectivity index (χ2n) is 6.04. The molecule has 0 aliphatic carbocycles. The lowest BCUT2D eigenvalue weighted by Crippen LogP contribution is -2.41. The van der Waals surface area contributed by atoms with Crippen molar-refractivity contribution in [1.82, 2.24) is 15.6 Å². The largest absolute Gasteiger partial charge is 0.452 e. The number of pyridine rings is 1. The maximum atomic E-state index is 12.7. The molecule has 0 aliphatic heterocycles. The van der Waals surface area contributed by atoms with Crippen molar-refractivity contribution < 1.29 is 19.1 Å². The van der Waals surface area contributed by atoms with Crippen LogP contribution in [0.3, 0.4) is 0 Å². The second kappa shape index (κ2) is 9.16. The van der Waals surface area contributed by atoms with Gasteiger partial charge < -0.3 is 10.1 Å². The summed E-state index contributed by atoms with van der Waals surface area (Å²) in [6.07, 6.45) is 0. The second-order valence-corrected chi connectivity index (χ2v) is 6.44. The highest BCUT2D eigenvalue weighted by Crippen LogP contribution is 2.30. The number of imide groups is 1. The summed E-state index contributed by atoms with van der Waals surface area (Å²) in [5.41, 5.74) is 2.01. The van der Waals surface area contributed by atoms with Crippen molar-refractivity contribution in [3.63, 3.8) is 0 Å². The Labute approximate surface area is 172 Å². The number of urea groups is 1. The molecule has 0 atom stereocenters. The molecule has 3 aromatic rings. The number of carbonyl (C=O) groups is 3. The van der Waals surface area contributed by atoms with Gasteiger partial charge in [-0.2, -0.15) is 0 Å².